The van der Waals surface area contributed by atoms with Gasteiger partial charge in [-0.25, -0.2) is 4.68 Å². The Morgan fingerprint density at radius 1 is 1.27 bits per heavy atom. The minimum atomic E-state index is 0.393. The summed E-state index contributed by atoms with van der Waals surface area (Å²) < 4.78 is 1.89. The van der Waals surface area contributed by atoms with Gasteiger partial charge < -0.3 is 10.6 Å². The molecule has 0 aliphatic heterocycles. The molecular weight excluding hydrogens is 324 g/mol. The number of nitrogen functional groups attached to an aromatic ring is 1. The van der Waals surface area contributed by atoms with Gasteiger partial charge in [0, 0.05) is 24.2 Å². The Morgan fingerprint density at radius 3 is 2.77 bits per heavy atom. The van der Waals surface area contributed by atoms with Crippen LogP contribution in [0.25, 0.3) is 5.57 Å². The Kier molecular flexibility index (Phi) is 5.41. The van der Waals surface area contributed by atoms with E-state index in [1.165, 1.54) is 23.1 Å². The molecule has 6 nitrogen and oxygen atoms in total. The fourth-order valence-corrected chi connectivity index (χ4v) is 3.31. The monoisotopic (exact) mass is 354 g/mol. The zero-order chi connectivity index (χ0) is 18.7. The standard InChI is InChI=1S/C20H30N6/c1-20(2)9-7-16(8-10-20)17-13-15(5-6-18(17)21)14-19-22-23-24-26(19)12-11-25(3)4/h5-7,13H,8-12,14,21H2,1-4H3. The number of benzene rings is 1. The number of hydrogen-bond acceptors (Lipinski definition) is 5. The van der Waals surface area contributed by atoms with Crippen molar-refractivity contribution in [3.63, 3.8) is 0 Å². The Bertz CT molecular complexity index is 787. The molecule has 0 saturated heterocycles. The second-order valence-corrected chi connectivity index (χ2v) is 8.32. The van der Waals surface area contributed by atoms with Gasteiger partial charge >= 0.3 is 0 Å². The van der Waals surface area contributed by atoms with Crippen LogP contribution in [0, 0.1) is 5.41 Å². The number of nitrogens with two attached hydrogens (primary N) is 1. The second-order valence-electron chi connectivity index (χ2n) is 8.32. The quantitative estimate of drug-likeness (QED) is 0.807. The van der Waals surface area contributed by atoms with E-state index in [0.29, 0.717) is 11.8 Å². The van der Waals surface area contributed by atoms with Crippen molar-refractivity contribution in [2.45, 2.75) is 46.1 Å². The SMILES string of the molecule is CN(C)CCn1nnnc1Cc1ccc(N)c(C2=CCC(C)(C)CC2)c1. The van der Waals surface area contributed by atoms with Gasteiger partial charge in [-0.05, 0) is 72.5 Å². The molecule has 2 N–H and O–H groups in total. The van der Waals surface area contributed by atoms with E-state index in [9.17, 15) is 0 Å². The van der Waals surface area contributed by atoms with Gasteiger partial charge in [0.1, 0.15) is 0 Å². The summed E-state index contributed by atoms with van der Waals surface area (Å²) in [4.78, 5) is 2.13. The van der Waals surface area contributed by atoms with E-state index >= 15 is 0 Å². The van der Waals surface area contributed by atoms with Crippen molar-refractivity contribution in [1.82, 2.24) is 25.1 Å². The first-order valence-electron chi connectivity index (χ1n) is 9.32. The van der Waals surface area contributed by atoms with Gasteiger partial charge in [0.2, 0.25) is 0 Å². The van der Waals surface area contributed by atoms with Gasteiger partial charge in [0.05, 0.1) is 6.54 Å². The highest BCUT2D eigenvalue weighted by Crippen LogP contribution is 2.39. The number of rotatable bonds is 6. The largest absolute Gasteiger partial charge is 0.398 e. The first-order valence-corrected chi connectivity index (χ1v) is 9.32. The normalized spacial score (nSPS) is 16.7. The molecule has 0 spiro atoms. The Hall–Kier alpha value is -2.21. The summed E-state index contributed by atoms with van der Waals surface area (Å²) in [6, 6.07) is 6.31. The lowest BCUT2D eigenvalue weighted by Gasteiger charge is -2.29. The van der Waals surface area contributed by atoms with Crippen molar-refractivity contribution in [2.24, 2.45) is 5.41 Å². The lowest BCUT2D eigenvalue weighted by atomic mass is 9.76. The summed E-state index contributed by atoms with van der Waals surface area (Å²) >= 11 is 0. The number of nitrogens with zero attached hydrogens (tertiary/aromatic N) is 5. The van der Waals surface area contributed by atoms with Crippen LogP contribution in [0.4, 0.5) is 5.69 Å². The molecule has 140 valence electrons. The Balaban J connectivity index is 1.79. The summed E-state index contributed by atoms with van der Waals surface area (Å²) in [6.07, 6.45) is 6.47. The molecule has 2 aromatic rings. The average Bonchev–Trinajstić information content (AvgIpc) is 3.02. The summed E-state index contributed by atoms with van der Waals surface area (Å²) in [5.74, 6) is 0.890. The van der Waals surface area contributed by atoms with E-state index < -0.39 is 0 Å². The minimum Gasteiger partial charge on any atom is -0.398 e. The molecule has 0 saturated carbocycles. The average molecular weight is 355 g/mol. The highest BCUT2D eigenvalue weighted by Gasteiger charge is 2.22. The van der Waals surface area contributed by atoms with Crippen LogP contribution in [0.15, 0.2) is 24.3 Å². The Morgan fingerprint density at radius 2 is 2.08 bits per heavy atom. The molecule has 1 aromatic heterocycles. The van der Waals surface area contributed by atoms with Crippen molar-refractivity contribution in [1.29, 1.82) is 0 Å². The Labute approximate surface area is 156 Å². The number of tetrazole rings is 1. The van der Waals surface area contributed by atoms with Crippen LogP contribution in [0.1, 0.15) is 50.1 Å². The van der Waals surface area contributed by atoms with E-state index in [1.807, 2.05) is 10.7 Å². The van der Waals surface area contributed by atoms with Gasteiger partial charge in [0.15, 0.2) is 5.82 Å². The molecule has 1 aromatic carbocycles. The molecule has 0 fully saturated rings. The smallest absolute Gasteiger partial charge is 0.155 e. The van der Waals surface area contributed by atoms with Crippen LogP contribution in [0.5, 0.6) is 0 Å². The molecule has 1 aliphatic carbocycles. The van der Waals surface area contributed by atoms with E-state index in [4.69, 9.17) is 5.73 Å². The zero-order valence-corrected chi connectivity index (χ0v) is 16.4. The van der Waals surface area contributed by atoms with Crippen molar-refractivity contribution in [3.8, 4) is 0 Å². The second kappa shape index (κ2) is 7.58. The number of likely N-dealkylation sites (N-methyl/N-ethyl adjacent to an activating group) is 1. The van der Waals surface area contributed by atoms with Gasteiger partial charge in [-0.15, -0.1) is 5.10 Å². The third-order valence-electron chi connectivity index (χ3n) is 5.16. The fourth-order valence-electron chi connectivity index (χ4n) is 3.31. The van der Waals surface area contributed by atoms with Crippen molar-refractivity contribution < 1.29 is 0 Å². The van der Waals surface area contributed by atoms with Crippen LogP contribution in [0.3, 0.4) is 0 Å². The molecule has 26 heavy (non-hydrogen) atoms. The minimum absolute atomic E-state index is 0.393. The molecule has 1 heterocycles. The molecule has 0 amide bonds. The van der Waals surface area contributed by atoms with Crippen LogP contribution in [-0.4, -0.2) is 45.7 Å². The maximum Gasteiger partial charge on any atom is 0.155 e. The zero-order valence-electron chi connectivity index (χ0n) is 16.4. The van der Waals surface area contributed by atoms with E-state index in [2.05, 4.69) is 66.6 Å². The van der Waals surface area contributed by atoms with Gasteiger partial charge in [-0.2, -0.15) is 0 Å². The lowest BCUT2D eigenvalue weighted by Crippen LogP contribution is -2.20. The van der Waals surface area contributed by atoms with Crippen LogP contribution < -0.4 is 5.73 Å². The molecule has 0 atom stereocenters. The topological polar surface area (TPSA) is 72.9 Å². The first kappa shape index (κ1) is 18.6. The summed E-state index contributed by atoms with van der Waals surface area (Å²) in [5.41, 5.74) is 11.3. The van der Waals surface area contributed by atoms with Crippen molar-refractivity contribution in [2.75, 3.05) is 26.4 Å². The predicted octanol–water partition coefficient (Wildman–Crippen LogP) is 3.00. The molecule has 6 heteroatoms. The number of anilines is 1. The van der Waals surface area contributed by atoms with Crippen LogP contribution in [0.2, 0.25) is 0 Å². The van der Waals surface area contributed by atoms with Gasteiger partial charge in [0.25, 0.3) is 0 Å². The lowest BCUT2D eigenvalue weighted by molar-refractivity contribution is 0.335. The molecule has 1 aliphatic rings. The molecular formula is C20H30N6. The molecule has 0 unspecified atom stereocenters. The predicted molar refractivity (Wildman–Crippen MR) is 106 cm³/mol. The third-order valence-corrected chi connectivity index (χ3v) is 5.16. The van der Waals surface area contributed by atoms with E-state index in [1.54, 1.807) is 0 Å². The van der Waals surface area contributed by atoms with Crippen LogP contribution >= 0.6 is 0 Å². The number of allylic oxidation sites excluding steroid dienone is 2. The molecule has 3 rings (SSSR count). The van der Waals surface area contributed by atoms with E-state index in [0.717, 1.165) is 37.4 Å². The number of aromatic nitrogens is 4. The number of hydrogen-bond donors (Lipinski definition) is 1. The third kappa shape index (κ3) is 4.49. The highest BCUT2D eigenvalue weighted by atomic mass is 15.5. The van der Waals surface area contributed by atoms with Crippen LogP contribution in [-0.2, 0) is 13.0 Å². The van der Waals surface area contributed by atoms with Gasteiger partial charge in [-0.1, -0.05) is 26.0 Å². The maximum atomic E-state index is 6.28. The molecule has 0 radical (unpaired) electrons. The van der Waals surface area contributed by atoms with Crippen molar-refractivity contribution in [3.05, 3.63) is 41.2 Å². The highest BCUT2D eigenvalue weighted by molar-refractivity contribution is 5.76. The summed E-state index contributed by atoms with van der Waals surface area (Å²) in [7, 11) is 4.10. The fraction of sp³-hybridized carbons (Fsp3) is 0.550. The van der Waals surface area contributed by atoms with Crippen molar-refractivity contribution >= 4 is 11.3 Å². The molecule has 0 bridgehead atoms. The maximum absolute atomic E-state index is 6.28. The van der Waals surface area contributed by atoms with Gasteiger partial charge in [-0.3, -0.25) is 0 Å². The summed E-state index contributed by atoms with van der Waals surface area (Å²) in [5, 5.41) is 12.2. The summed E-state index contributed by atoms with van der Waals surface area (Å²) in [6.45, 7) is 6.35. The van der Waals surface area contributed by atoms with E-state index in [-0.39, 0.29) is 0 Å². The first-order chi connectivity index (χ1) is 12.3.